The second-order valence-corrected chi connectivity index (χ2v) is 3.94. The fraction of sp³-hybridized carbons (Fsp3) is 0.143. The molecule has 4 nitrogen and oxygen atoms in total. The van der Waals surface area contributed by atoms with Crippen LogP contribution in [0.15, 0.2) is 54.9 Å². The molecule has 1 N–H and O–H groups in total. The Kier molecular flexibility index (Phi) is 3.91. The maximum atomic E-state index is 10.9. The van der Waals surface area contributed by atoms with Crippen LogP contribution < -0.4 is 4.90 Å². The highest BCUT2D eigenvalue weighted by Crippen LogP contribution is 2.16. The molecule has 0 fully saturated rings. The van der Waals surface area contributed by atoms with Gasteiger partial charge in [0.1, 0.15) is 6.54 Å². The van der Waals surface area contributed by atoms with Crippen molar-refractivity contribution in [3.8, 4) is 0 Å². The van der Waals surface area contributed by atoms with Crippen LogP contribution in [0.2, 0.25) is 0 Å². The van der Waals surface area contributed by atoms with E-state index in [4.69, 9.17) is 5.11 Å². The molecule has 18 heavy (non-hydrogen) atoms. The van der Waals surface area contributed by atoms with Crippen LogP contribution in [0.1, 0.15) is 5.56 Å². The summed E-state index contributed by atoms with van der Waals surface area (Å²) in [6.45, 7) is 0.533. The first-order chi connectivity index (χ1) is 8.75. The fourth-order valence-corrected chi connectivity index (χ4v) is 1.75. The molecule has 0 bridgehead atoms. The van der Waals surface area contributed by atoms with Gasteiger partial charge in [-0.3, -0.25) is 9.78 Å². The van der Waals surface area contributed by atoms with Gasteiger partial charge in [-0.15, -0.1) is 0 Å². The molecule has 0 aliphatic carbocycles. The molecular formula is C14H14N2O2. The van der Waals surface area contributed by atoms with Gasteiger partial charge in [0.2, 0.25) is 0 Å². The number of benzene rings is 1. The molecule has 4 heteroatoms. The highest BCUT2D eigenvalue weighted by Gasteiger charge is 2.10. The summed E-state index contributed by atoms with van der Waals surface area (Å²) in [4.78, 5) is 16.7. The van der Waals surface area contributed by atoms with Crippen molar-refractivity contribution in [2.45, 2.75) is 6.54 Å². The van der Waals surface area contributed by atoms with Gasteiger partial charge in [-0.05, 0) is 29.8 Å². The number of carboxylic acids is 1. The quantitative estimate of drug-likeness (QED) is 0.873. The number of aromatic nitrogens is 1. The summed E-state index contributed by atoms with van der Waals surface area (Å²) in [7, 11) is 0. The van der Waals surface area contributed by atoms with Gasteiger partial charge in [-0.2, -0.15) is 0 Å². The maximum absolute atomic E-state index is 10.9. The normalized spacial score (nSPS) is 10.0. The van der Waals surface area contributed by atoms with Crippen LogP contribution in [0.3, 0.4) is 0 Å². The highest BCUT2D eigenvalue weighted by atomic mass is 16.4. The van der Waals surface area contributed by atoms with Crippen molar-refractivity contribution in [3.05, 3.63) is 60.4 Å². The number of rotatable bonds is 5. The third-order valence-corrected chi connectivity index (χ3v) is 2.57. The summed E-state index contributed by atoms with van der Waals surface area (Å²) in [5.41, 5.74) is 1.94. The molecular weight excluding hydrogens is 228 g/mol. The Morgan fingerprint density at radius 3 is 2.39 bits per heavy atom. The monoisotopic (exact) mass is 242 g/mol. The lowest BCUT2D eigenvalue weighted by Gasteiger charge is -2.22. The topological polar surface area (TPSA) is 53.4 Å². The molecule has 1 aromatic heterocycles. The van der Waals surface area contributed by atoms with Gasteiger partial charge in [0.25, 0.3) is 0 Å². The Labute approximate surface area is 106 Å². The Morgan fingerprint density at radius 1 is 1.11 bits per heavy atom. The van der Waals surface area contributed by atoms with Gasteiger partial charge >= 0.3 is 5.97 Å². The number of hydrogen-bond donors (Lipinski definition) is 1. The van der Waals surface area contributed by atoms with Crippen molar-refractivity contribution in [2.24, 2.45) is 0 Å². The highest BCUT2D eigenvalue weighted by molar-refractivity contribution is 5.73. The van der Waals surface area contributed by atoms with Crippen LogP contribution >= 0.6 is 0 Å². The molecule has 92 valence electrons. The minimum Gasteiger partial charge on any atom is -0.480 e. The van der Waals surface area contributed by atoms with Crippen molar-refractivity contribution in [1.29, 1.82) is 0 Å². The standard InChI is InChI=1S/C14H14N2O2/c17-14(18)11-16(13-4-2-1-3-5-13)10-12-6-8-15-9-7-12/h1-9H,10-11H2,(H,17,18). The van der Waals surface area contributed by atoms with Gasteiger partial charge in [0.15, 0.2) is 0 Å². The van der Waals surface area contributed by atoms with E-state index in [0.29, 0.717) is 6.54 Å². The number of para-hydroxylation sites is 1. The zero-order chi connectivity index (χ0) is 12.8. The van der Waals surface area contributed by atoms with Crippen molar-refractivity contribution in [1.82, 2.24) is 4.98 Å². The number of hydrogen-bond acceptors (Lipinski definition) is 3. The number of aliphatic carboxylic acids is 1. The first kappa shape index (κ1) is 12.1. The molecule has 2 aromatic rings. The lowest BCUT2D eigenvalue weighted by Crippen LogP contribution is -2.29. The van der Waals surface area contributed by atoms with Gasteiger partial charge in [0.05, 0.1) is 0 Å². The Balaban J connectivity index is 2.18. The molecule has 1 aromatic carbocycles. The molecule has 2 rings (SSSR count). The Morgan fingerprint density at radius 2 is 1.78 bits per heavy atom. The minimum atomic E-state index is -0.840. The van der Waals surface area contributed by atoms with Gasteiger partial charge in [-0.1, -0.05) is 18.2 Å². The predicted octanol–water partition coefficient (Wildman–Crippen LogP) is 2.17. The molecule has 0 radical (unpaired) electrons. The van der Waals surface area contributed by atoms with Crippen LogP contribution in [0.25, 0.3) is 0 Å². The summed E-state index contributed by atoms with van der Waals surface area (Å²) in [5.74, 6) is -0.840. The largest absolute Gasteiger partial charge is 0.480 e. The van der Waals surface area contributed by atoms with Crippen LogP contribution in [0, 0.1) is 0 Å². The SMILES string of the molecule is O=C(O)CN(Cc1ccncc1)c1ccccc1. The molecule has 0 saturated heterocycles. The number of anilines is 1. The van der Waals surface area contributed by atoms with Crippen LogP contribution in [0.5, 0.6) is 0 Å². The molecule has 0 amide bonds. The van der Waals surface area contributed by atoms with E-state index in [9.17, 15) is 4.79 Å². The third-order valence-electron chi connectivity index (χ3n) is 2.57. The number of carbonyl (C=O) groups is 1. The third kappa shape index (κ3) is 3.31. The summed E-state index contributed by atoms with van der Waals surface area (Å²) >= 11 is 0. The van der Waals surface area contributed by atoms with E-state index in [1.807, 2.05) is 47.4 Å². The number of carboxylic acid groups (broad SMARTS) is 1. The first-order valence-corrected chi connectivity index (χ1v) is 5.66. The van der Waals surface area contributed by atoms with Crippen molar-refractivity contribution in [3.63, 3.8) is 0 Å². The molecule has 0 spiro atoms. The average molecular weight is 242 g/mol. The second kappa shape index (κ2) is 5.82. The van der Waals surface area contributed by atoms with E-state index in [2.05, 4.69) is 4.98 Å². The zero-order valence-corrected chi connectivity index (χ0v) is 9.86. The lowest BCUT2D eigenvalue weighted by molar-refractivity contribution is -0.135. The van der Waals surface area contributed by atoms with Crippen molar-refractivity contribution in [2.75, 3.05) is 11.4 Å². The summed E-state index contributed by atoms with van der Waals surface area (Å²) < 4.78 is 0. The van der Waals surface area contributed by atoms with Crippen LogP contribution in [-0.2, 0) is 11.3 Å². The van der Waals surface area contributed by atoms with Crippen molar-refractivity contribution >= 4 is 11.7 Å². The molecule has 0 atom stereocenters. The van der Waals surface area contributed by atoms with Gasteiger partial charge in [-0.25, -0.2) is 0 Å². The Bertz CT molecular complexity index is 500. The first-order valence-electron chi connectivity index (χ1n) is 5.66. The van der Waals surface area contributed by atoms with Crippen LogP contribution in [0.4, 0.5) is 5.69 Å². The van der Waals surface area contributed by atoms with Crippen LogP contribution in [-0.4, -0.2) is 22.6 Å². The number of nitrogens with zero attached hydrogens (tertiary/aromatic N) is 2. The van der Waals surface area contributed by atoms with E-state index in [1.54, 1.807) is 12.4 Å². The summed E-state index contributed by atoms with van der Waals surface area (Å²) in [6.07, 6.45) is 3.42. The van der Waals surface area contributed by atoms with Gasteiger partial charge in [0, 0.05) is 24.6 Å². The van der Waals surface area contributed by atoms with E-state index in [0.717, 1.165) is 11.3 Å². The molecule has 1 heterocycles. The lowest BCUT2D eigenvalue weighted by atomic mass is 10.2. The maximum Gasteiger partial charge on any atom is 0.323 e. The van der Waals surface area contributed by atoms with E-state index in [1.165, 1.54) is 0 Å². The molecule has 0 aliphatic heterocycles. The average Bonchev–Trinajstić information content (AvgIpc) is 2.40. The Hall–Kier alpha value is -2.36. The fourth-order valence-electron chi connectivity index (χ4n) is 1.75. The predicted molar refractivity (Wildman–Crippen MR) is 69.4 cm³/mol. The van der Waals surface area contributed by atoms with Crippen molar-refractivity contribution < 1.29 is 9.90 Å². The second-order valence-electron chi connectivity index (χ2n) is 3.94. The molecule has 0 aliphatic rings. The smallest absolute Gasteiger partial charge is 0.323 e. The van der Waals surface area contributed by atoms with E-state index < -0.39 is 5.97 Å². The zero-order valence-electron chi connectivity index (χ0n) is 9.86. The van der Waals surface area contributed by atoms with E-state index in [-0.39, 0.29) is 6.54 Å². The molecule has 0 unspecified atom stereocenters. The summed E-state index contributed by atoms with van der Waals surface area (Å²) in [6, 6.07) is 13.3. The minimum absolute atomic E-state index is 0.0215. The van der Waals surface area contributed by atoms with E-state index >= 15 is 0 Å². The number of pyridine rings is 1. The molecule has 0 saturated carbocycles. The van der Waals surface area contributed by atoms with Gasteiger partial charge < -0.3 is 10.0 Å². The summed E-state index contributed by atoms with van der Waals surface area (Å²) in [5, 5.41) is 8.97.